The predicted molar refractivity (Wildman–Crippen MR) is 110 cm³/mol. The number of hydrogen-bond donors (Lipinski definition) is 0. The number of hydrogen-bond acceptors (Lipinski definition) is 7. The summed E-state index contributed by atoms with van der Waals surface area (Å²) < 4.78 is 33.1. The Balaban J connectivity index is 1.22. The smallest absolute Gasteiger partial charge is 0.243 e. The van der Waals surface area contributed by atoms with Crippen LogP contribution >= 0.6 is 11.3 Å². The number of piperazine rings is 1. The summed E-state index contributed by atoms with van der Waals surface area (Å²) >= 11 is 1.57. The average molecular weight is 431 g/mol. The SMILES string of the molecule is O=S(=O)(c1ccc2c(c1)CCC2)N1CCN(Cc2nc(-c3cccs3)no2)CC1. The lowest BCUT2D eigenvalue weighted by Crippen LogP contribution is -2.48. The van der Waals surface area contributed by atoms with E-state index in [1.54, 1.807) is 21.7 Å². The summed E-state index contributed by atoms with van der Waals surface area (Å²) in [6.45, 7) is 2.74. The summed E-state index contributed by atoms with van der Waals surface area (Å²) in [5.41, 5.74) is 2.47. The van der Waals surface area contributed by atoms with Gasteiger partial charge in [0.05, 0.1) is 16.3 Å². The van der Waals surface area contributed by atoms with E-state index >= 15 is 0 Å². The van der Waals surface area contributed by atoms with E-state index < -0.39 is 10.0 Å². The number of aromatic nitrogens is 2. The number of sulfonamides is 1. The maximum Gasteiger partial charge on any atom is 0.243 e. The molecule has 2 aliphatic rings. The van der Waals surface area contributed by atoms with Crippen molar-refractivity contribution < 1.29 is 12.9 Å². The van der Waals surface area contributed by atoms with Gasteiger partial charge in [-0.3, -0.25) is 4.90 Å². The van der Waals surface area contributed by atoms with Crippen molar-refractivity contribution in [3.8, 4) is 10.7 Å². The molecule has 0 atom stereocenters. The maximum absolute atomic E-state index is 13.1. The second-order valence-electron chi connectivity index (χ2n) is 7.45. The molecule has 1 aliphatic carbocycles. The van der Waals surface area contributed by atoms with E-state index in [0.717, 1.165) is 24.1 Å². The van der Waals surface area contributed by atoms with Crippen LogP contribution in [0.2, 0.25) is 0 Å². The third kappa shape index (κ3) is 3.75. The average Bonchev–Trinajstić information content (AvgIpc) is 3.48. The highest BCUT2D eigenvalue weighted by atomic mass is 32.2. The number of nitrogens with zero attached hydrogens (tertiary/aromatic N) is 4. The lowest BCUT2D eigenvalue weighted by molar-refractivity contribution is 0.163. The molecular weight excluding hydrogens is 408 g/mol. The highest BCUT2D eigenvalue weighted by molar-refractivity contribution is 7.89. The van der Waals surface area contributed by atoms with Crippen molar-refractivity contribution in [3.63, 3.8) is 0 Å². The highest BCUT2D eigenvalue weighted by Gasteiger charge is 2.30. The Bertz CT molecular complexity index is 1100. The second kappa shape index (κ2) is 7.64. The molecule has 0 saturated carbocycles. The molecule has 0 bridgehead atoms. The largest absolute Gasteiger partial charge is 0.338 e. The van der Waals surface area contributed by atoms with Gasteiger partial charge in [0.25, 0.3) is 0 Å². The molecule has 152 valence electrons. The molecule has 0 radical (unpaired) electrons. The van der Waals surface area contributed by atoms with E-state index in [1.165, 1.54) is 11.1 Å². The van der Waals surface area contributed by atoms with Crippen LogP contribution in [0.3, 0.4) is 0 Å². The summed E-state index contributed by atoms with van der Waals surface area (Å²) in [5.74, 6) is 1.16. The van der Waals surface area contributed by atoms with E-state index in [2.05, 4.69) is 15.0 Å². The lowest BCUT2D eigenvalue weighted by atomic mass is 10.1. The van der Waals surface area contributed by atoms with E-state index in [0.29, 0.717) is 49.3 Å². The number of aryl methyl sites for hydroxylation is 2. The first-order valence-electron chi connectivity index (χ1n) is 9.80. The quantitative estimate of drug-likeness (QED) is 0.619. The molecule has 0 spiro atoms. The Hall–Kier alpha value is -2.07. The van der Waals surface area contributed by atoms with Crippen LogP contribution < -0.4 is 0 Å². The van der Waals surface area contributed by atoms with Crippen LogP contribution in [-0.2, 0) is 29.4 Å². The number of fused-ring (bicyclic) bond motifs is 1. The van der Waals surface area contributed by atoms with Gasteiger partial charge in [-0.05, 0) is 54.0 Å². The number of rotatable bonds is 5. The third-order valence-corrected chi connectivity index (χ3v) is 8.37. The Morgan fingerprint density at radius 2 is 1.90 bits per heavy atom. The van der Waals surface area contributed by atoms with Crippen molar-refractivity contribution in [2.24, 2.45) is 0 Å². The monoisotopic (exact) mass is 430 g/mol. The van der Waals surface area contributed by atoms with Crippen LogP contribution in [-0.4, -0.2) is 53.9 Å². The number of benzene rings is 1. The van der Waals surface area contributed by atoms with Gasteiger partial charge in [-0.1, -0.05) is 17.3 Å². The Labute approximate surface area is 174 Å². The molecular formula is C20H22N4O3S2. The van der Waals surface area contributed by atoms with E-state index in [-0.39, 0.29) is 0 Å². The van der Waals surface area contributed by atoms with Crippen molar-refractivity contribution in [1.29, 1.82) is 0 Å². The fraction of sp³-hybridized carbons (Fsp3) is 0.400. The van der Waals surface area contributed by atoms with Gasteiger partial charge in [0.1, 0.15) is 0 Å². The van der Waals surface area contributed by atoms with Gasteiger partial charge in [-0.2, -0.15) is 9.29 Å². The van der Waals surface area contributed by atoms with Crippen LogP contribution in [0.4, 0.5) is 0 Å². The minimum Gasteiger partial charge on any atom is -0.338 e. The maximum atomic E-state index is 13.1. The first kappa shape index (κ1) is 18.9. The molecule has 0 amide bonds. The van der Waals surface area contributed by atoms with Crippen molar-refractivity contribution in [2.75, 3.05) is 26.2 Å². The first-order chi connectivity index (χ1) is 14.1. The lowest BCUT2D eigenvalue weighted by Gasteiger charge is -2.33. The van der Waals surface area contributed by atoms with Crippen LogP contribution in [0.1, 0.15) is 23.4 Å². The van der Waals surface area contributed by atoms with Crippen molar-refractivity contribution in [3.05, 3.63) is 52.7 Å². The van der Waals surface area contributed by atoms with E-state index in [1.807, 2.05) is 29.6 Å². The summed E-state index contributed by atoms with van der Waals surface area (Å²) in [7, 11) is -3.45. The molecule has 7 nitrogen and oxygen atoms in total. The van der Waals surface area contributed by atoms with E-state index in [4.69, 9.17) is 4.52 Å². The molecule has 1 aliphatic heterocycles. The molecule has 2 aromatic heterocycles. The van der Waals surface area contributed by atoms with Gasteiger partial charge in [-0.15, -0.1) is 11.3 Å². The topological polar surface area (TPSA) is 79.5 Å². The first-order valence-corrected chi connectivity index (χ1v) is 12.1. The minimum atomic E-state index is -3.45. The predicted octanol–water partition coefficient (Wildman–Crippen LogP) is 2.79. The Kier molecular flexibility index (Phi) is 4.99. The minimum absolute atomic E-state index is 0.420. The molecule has 29 heavy (non-hydrogen) atoms. The van der Waals surface area contributed by atoms with Crippen LogP contribution in [0.5, 0.6) is 0 Å². The molecule has 5 rings (SSSR count). The molecule has 0 N–H and O–H groups in total. The standard InChI is InChI=1S/C20H22N4O3S2/c25-29(26,17-7-6-15-3-1-4-16(15)13-17)24-10-8-23(9-11-24)14-19-21-20(22-27-19)18-5-2-12-28-18/h2,5-7,12-13H,1,3-4,8-11,14H2. The zero-order valence-corrected chi connectivity index (χ0v) is 17.6. The van der Waals surface area contributed by atoms with Gasteiger partial charge in [-0.25, -0.2) is 8.42 Å². The Morgan fingerprint density at radius 1 is 1.07 bits per heavy atom. The van der Waals surface area contributed by atoms with Crippen molar-refractivity contribution in [1.82, 2.24) is 19.3 Å². The van der Waals surface area contributed by atoms with Gasteiger partial charge >= 0.3 is 0 Å². The van der Waals surface area contributed by atoms with Crippen LogP contribution in [0, 0.1) is 0 Å². The molecule has 1 saturated heterocycles. The zero-order chi connectivity index (χ0) is 19.8. The fourth-order valence-electron chi connectivity index (χ4n) is 4.00. The molecule has 3 heterocycles. The van der Waals surface area contributed by atoms with Gasteiger partial charge in [0.15, 0.2) is 0 Å². The number of thiophene rings is 1. The normalized spacial score (nSPS) is 18.2. The molecule has 3 aromatic rings. The molecule has 1 fully saturated rings. The van der Waals surface area contributed by atoms with Crippen molar-refractivity contribution in [2.45, 2.75) is 30.7 Å². The summed E-state index contributed by atoms with van der Waals surface area (Å²) in [4.78, 5) is 8.01. The summed E-state index contributed by atoms with van der Waals surface area (Å²) in [6.07, 6.45) is 3.14. The molecule has 0 unspecified atom stereocenters. The second-order valence-corrected chi connectivity index (χ2v) is 10.3. The zero-order valence-electron chi connectivity index (χ0n) is 16.0. The molecule has 9 heteroatoms. The molecule has 1 aromatic carbocycles. The summed E-state index contributed by atoms with van der Waals surface area (Å²) in [5, 5.41) is 6.02. The van der Waals surface area contributed by atoms with E-state index in [9.17, 15) is 8.42 Å². The third-order valence-electron chi connectivity index (χ3n) is 5.61. The van der Waals surface area contributed by atoms with Gasteiger partial charge in [0.2, 0.25) is 21.7 Å². The van der Waals surface area contributed by atoms with Crippen LogP contribution in [0.15, 0.2) is 45.1 Å². The van der Waals surface area contributed by atoms with Gasteiger partial charge < -0.3 is 4.52 Å². The summed E-state index contributed by atoms with van der Waals surface area (Å²) in [6, 6.07) is 9.52. The van der Waals surface area contributed by atoms with Gasteiger partial charge in [0, 0.05) is 26.2 Å². The highest BCUT2D eigenvalue weighted by Crippen LogP contribution is 2.27. The van der Waals surface area contributed by atoms with Crippen LogP contribution in [0.25, 0.3) is 10.7 Å². The fourth-order valence-corrected chi connectivity index (χ4v) is 6.12. The van der Waals surface area contributed by atoms with Crippen molar-refractivity contribution >= 4 is 21.4 Å². The Morgan fingerprint density at radius 3 is 2.69 bits per heavy atom.